The lowest BCUT2D eigenvalue weighted by molar-refractivity contribution is -0.546. The topological polar surface area (TPSA) is 6.25 Å². The zero-order chi connectivity index (χ0) is 25.0. The van der Waals surface area contributed by atoms with E-state index in [2.05, 4.69) is 149 Å². The third kappa shape index (κ3) is 4.35. The molecule has 1 heterocycles. The summed E-state index contributed by atoms with van der Waals surface area (Å²) in [5, 5.41) is 5.16. The Hall–Kier alpha value is -3.13. The van der Waals surface area contributed by atoms with Crippen molar-refractivity contribution in [2.45, 2.75) is 59.7 Å². The summed E-state index contributed by atoms with van der Waals surface area (Å²) < 4.78 is 2.46. The molecule has 0 saturated heterocycles. The van der Waals surface area contributed by atoms with Crippen LogP contribution < -0.4 is 0 Å². The van der Waals surface area contributed by atoms with Crippen molar-refractivity contribution in [3.05, 3.63) is 96.1 Å². The summed E-state index contributed by atoms with van der Waals surface area (Å²) in [6, 6.07) is 32.3. The van der Waals surface area contributed by atoms with E-state index >= 15 is 0 Å². The summed E-state index contributed by atoms with van der Waals surface area (Å²) in [5.41, 5.74) is 2.93. The van der Waals surface area contributed by atoms with Crippen molar-refractivity contribution in [3.8, 4) is 0 Å². The summed E-state index contributed by atoms with van der Waals surface area (Å²) >= 11 is 0. The molecule has 0 spiro atoms. The third-order valence-corrected chi connectivity index (χ3v) is 7.63. The molecule has 1 aliphatic rings. The van der Waals surface area contributed by atoms with Crippen molar-refractivity contribution in [2.24, 2.45) is 10.8 Å². The van der Waals surface area contributed by atoms with Gasteiger partial charge < -0.3 is 0 Å². The van der Waals surface area contributed by atoms with Gasteiger partial charge in [-0.1, -0.05) is 114 Å². The lowest BCUT2D eigenvalue weighted by atomic mass is 9.72. The Morgan fingerprint density at radius 3 is 1.51 bits per heavy atom. The van der Waals surface area contributed by atoms with E-state index in [-0.39, 0.29) is 16.9 Å². The Labute approximate surface area is 210 Å². The first-order chi connectivity index (χ1) is 16.5. The molecule has 35 heavy (non-hydrogen) atoms. The van der Waals surface area contributed by atoms with Crippen LogP contribution in [0.15, 0.2) is 84.9 Å². The van der Waals surface area contributed by atoms with Gasteiger partial charge in [0.15, 0.2) is 0 Å². The van der Waals surface area contributed by atoms with Gasteiger partial charge in [-0.2, -0.15) is 0 Å². The molecule has 0 radical (unpaired) electrons. The monoisotopic (exact) mass is 463 g/mol. The highest BCUT2D eigenvalue weighted by atomic mass is 15.3. The molecule has 0 N–H and O–H groups in total. The molecule has 0 aliphatic carbocycles. The van der Waals surface area contributed by atoms with Gasteiger partial charge in [-0.05, 0) is 33.7 Å². The van der Waals surface area contributed by atoms with Gasteiger partial charge in [-0.3, -0.25) is 4.58 Å². The molecular weight excluding hydrogens is 424 g/mol. The lowest BCUT2D eigenvalue weighted by Crippen LogP contribution is -2.53. The molecule has 4 aromatic carbocycles. The Bertz CT molecular complexity index is 1320. The fourth-order valence-corrected chi connectivity index (χ4v) is 6.26. The zero-order valence-corrected chi connectivity index (χ0v) is 22.3. The van der Waals surface area contributed by atoms with E-state index in [1.165, 1.54) is 32.7 Å². The Morgan fingerprint density at radius 2 is 1.09 bits per heavy atom. The maximum absolute atomic E-state index is 2.66. The largest absolute Gasteiger partial charge is 0.263 e. The molecule has 0 fully saturated rings. The van der Waals surface area contributed by atoms with Gasteiger partial charge in [0.1, 0.15) is 18.1 Å². The number of fused-ring (bicyclic) bond motifs is 2. The minimum Gasteiger partial charge on any atom is -0.263 e. The second-order valence-corrected chi connectivity index (χ2v) is 12.5. The van der Waals surface area contributed by atoms with E-state index in [1.807, 2.05) is 0 Å². The van der Waals surface area contributed by atoms with Gasteiger partial charge >= 0.3 is 0 Å². The van der Waals surface area contributed by atoms with Gasteiger partial charge in [-0.25, -0.2) is 4.90 Å². The van der Waals surface area contributed by atoms with E-state index in [0.717, 1.165) is 0 Å². The molecular formula is C33H39N2+. The highest BCUT2D eigenvalue weighted by Crippen LogP contribution is 2.44. The first kappa shape index (κ1) is 23.6. The van der Waals surface area contributed by atoms with Crippen LogP contribution >= 0.6 is 0 Å². The molecule has 180 valence electrons. The van der Waals surface area contributed by atoms with Crippen molar-refractivity contribution in [2.75, 3.05) is 7.05 Å². The van der Waals surface area contributed by atoms with Gasteiger partial charge in [-0.15, -0.1) is 0 Å². The number of hydrogen-bond donors (Lipinski definition) is 0. The van der Waals surface area contributed by atoms with Crippen LogP contribution in [-0.2, 0) is 0 Å². The van der Waals surface area contributed by atoms with Crippen LogP contribution in [0, 0.1) is 10.8 Å². The standard InChI is InChI=1S/C33H39N2/c1-32(2,3)30-31(33(4,5)6)35(22-34(30)7)29(27-18-16-23-12-8-10-14-25(23)20-27)28-19-17-24-13-9-11-15-26(24)21-28/h8-22,29-31H,1-7H3/q+1/t30-,31-/m0/s1. The average Bonchev–Trinajstić information content (AvgIpc) is 3.17. The van der Waals surface area contributed by atoms with Crippen LogP contribution in [0.1, 0.15) is 58.7 Å². The molecule has 5 rings (SSSR count). The van der Waals surface area contributed by atoms with Crippen molar-refractivity contribution < 1.29 is 4.58 Å². The summed E-state index contributed by atoms with van der Waals surface area (Å²) in [5.74, 6) is 0. The molecule has 0 amide bonds. The van der Waals surface area contributed by atoms with Crippen molar-refractivity contribution in [1.29, 1.82) is 0 Å². The van der Waals surface area contributed by atoms with Crippen LogP contribution in [0.2, 0.25) is 0 Å². The Morgan fingerprint density at radius 1 is 0.629 bits per heavy atom. The predicted octanol–water partition coefficient (Wildman–Crippen LogP) is 7.90. The predicted molar refractivity (Wildman–Crippen MR) is 150 cm³/mol. The Balaban J connectivity index is 1.73. The molecule has 2 atom stereocenters. The number of hydrogen-bond acceptors (Lipinski definition) is 1. The minimum absolute atomic E-state index is 0.102. The van der Waals surface area contributed by atoms with E-state index in [4.69, 9.17) is 0 Å². The fraction of sp³-hybridized carbons (Fsp3) is 0.364. The van der Waals surface area contributed by atoms with Gasteiger partial charge in [0.25, 0.3) is 0 Å². The molecule has 1 aliphatic heterocycles. The first-order valence-electron chi connectivity index (χ1n) is 12.9. The average molecular weight is 464 g/mol. The van der Waals surface area contributed by atoms with Crippen molar-refractivity contribution in [1.82, 2.24) is 4.90 Å². The van der Waals surface area contributed by atoms with Gasteiger partial charge in [0.05, 0.1) is 7.05 Å². The molecule has 2 nitrogen and oxygen atoms in total. The molecule has 0 unspecified atom stereocenters. The number of likely N-dealkylation sites (N-methyl/N-ethyl adjacent to an activating group) is 1. The summed E-state index contributed by atoms with van der Waals surface area (Å²) in [4.78, 5) is 2.66. The maximum Gasteiger partial charge on any atom is 0.235 e. The van der Waals surface area contributed by atoms with Crippen LogP contribution in [0.25, 0.3) is 21.5 Å². The highest BCUT2D eigenvalue weighted by Gasteiger charge is 2.54. The van der Waals surface area contributed by atoms with E-state index in [0.29, 0.717) is 12.1 Å². The zero-order valence-electron chi connectivity index (χ0n) is 22.3. The second-order valence-electron chi connectivity index (χ2n) is 12.5. The van der Waals surface area contributed by atoms with Crippen LogP contribution in [0.3, 0.4) is 0 Å². The molecule has 0 aromatic heterocycles. The van der Waals surface area contributed by atoms with Crippen LogP contribution in [0.4, 0.5) is 0 Å². The SMILES string of the molecule is C[N+]1=CN(C(c2ccc3ccccc3c2)c2ccc3ccccc3c2)[C@H](C(C)(C)C)[C@H]1C(C)(C)C. The van der Waals surface area contributed by atoms with E-state index in [1.54, 1.807) is 0 Å². The van der Waals surface area contributed by atoms with Crippen LogP contribution in [-0.4, -0.2) is 34.9 Å². The summed E-state index contributed by atoms with van der Waals surface area (Å²) in [6.07, 6.45) is 2.39. The van der Waals surface area contributed by atoms with E-state index in [9.17, 15) is 0 Å². The number of rotatable bonds is 3. The summed E-state index contributed by atoms with van der Waals surface area (Å²) in [6.45, 7) is 14.3. The van der Waals surface area contributed by atoms with Gasteiger partial charge in [0, 0.05) is 22.0 Å². The van der Waals surface area contributed by atoms with Crippen LogP contribution in [0.5, 0.6) is 0 Å². The Kier molecular flexibility index (Phi) is 5.74. The second kappa shape index (κ2) is 8.52. The third-order valence-electron chi connectivity index (χ3n) is 7.63. The summed E-state index contributed by atoms with van der Waals surface area (Å²) in [7, 11) is 2.26. The quantitative estimate of drug-likeness (QED) is 0.280. The molecule has 4 aromatic rings. The molecule has 2 heteroatoms. The lowest BCUT2D eigenvalue weighted by Gasteiger charge is -2.41. The van der Waals surface area contributed by atoms with E-state index < -0.39 is 0 Å². The first-order valence-corrected chi connectivity index (χ1v) is 12.9. The maximum atomic E-state index is 2.66. The molecule has 0 bridgehead atoms. The smallest absolute Gasteiger partial charge is 0.235 e. The molecule has 0 saturated carbocycles. The van der Waals surface area contributed by atoms with Crippen molar-refractivity contribution >= 4 is 27.9 Å². The fourth-order valence-electron chi connectivity index (χ4n) is 6.26. The minimum atomic E-state index is 0.102. The number of nitrogens with zero attached hydrogens (tertiary/aromatic N) is 2. The van der Waals surface area contributed by atoms with Crippen molar-refractivity contribution in [3.63, 3.8) is 0 Å². The number of benzene rings is 4. The normalized spacial score (nSPS) is 19.1. The highest BCUT2D eigenvalue weighted by molar-refractivity contribution is 5.85. The van der Waals surface area contributed by atoms with Gasteiger partial charge in [0.2, 0.25) is 6.34 Å².